The average molecular weight is 279 g/mol. The molecule has 106 valence electrons. The molecule has 0 aromatic rings. The summed E-state index contributed by atoms with van der Waals surface area (Å²) in [6.45, 7) is 7.82. The Kier molecular flexibility index (Phi) is 4.61. The van der Waals surface area contributed by atoms with Crippen LogP contribution in [0.4, 0.5) is 0 Å². The van der Waals surface area contributed by atoms with Gasteiger partial charge in [0.15, 0.2) is 5.11 Å². The largest absolute Gasteiger partial charge is 0.361 e. The van der Waals surface area contributed by atoms with Gasteiger partial charge in [0.2, 0.25) is 0 Å². The van der Waals surface area contributed by atoms with Crippen molar-refractivity contribution in [3.05, 3.63) is 11.6 Å². The van der Waals surface area contributed by atoms with Gasteiger partial charge < -0.3 is 5.32 Å². The molecule has 1 saturated carbocycles. The summed E-state index contributed by atoms with van der Waals surface area (Å²) in [6, 6.07) is 0. The Bertz CT molecular complexity index is 398. The van der Waals surface area contributed by atoms with E-state index in [9.17, 15) is 0 Å². The number of rotatable bonds is 5. The zero-order valence-electron chi connectivity index (χ0n) is 12.2. The molecule has 0 heterocycles. The molecule has 3 aliphatic carbocycles. The first kappa shape index (κ1) is 14.5. The Morgan fingerprint density at radius 1 is 1.58 bits per heavy atom. The van der Waals surface area contributed by atoms with E-state index in [0.29, 0.717) is 16.4 Å². The molecule has 0 aliphatic heterocycles. The molecule has 0 saturated heterocycles. The van der Waals surface area contributed by atoms with Gasteiger partial charge in [0.1, 0.15) is 0 Å². The molecular weight excluding hydrogens is 254 g/mol. The maximum atomic E-state index is 5.16. The quantitative estimate of drug-likeness (QED) is 0.351. The maximum absolute atomic E-state index is 5.16. The Balaban J connectivity index is 1.77. The van der Waals surface area contributed by atoms with E-state index in [4.69, 9.17) is 12.2 Å². The molecule has 3 rings (SSSR count). The Hall–Kier alpha value is -0.900. The van der Waals surface area contributed by atoms with Crippen molar-refractivity contribution in [2.75, 3.05) is 6.54 Å². The molecule has 0 radical (unpaired) electrons. The molecule has 2 atom stereocenters. The van der Waals surface area contributed by atoms with Gasteiger partial charge in [0.25, 0.3) is 0 Å². The molecule has 0 spiro atoms. The highest BCUT2D eigenvalue weighted by atomic mass is 32.1. The van der Waals surface area contributed by atoms with Gasteiger partial charge in [-0.05, 0) is 54.3 Å². The second-order valence-electron chi connectivity index (χ2n) is 6.23. The molecule has 0 aromatic heterocycles. The molecule has 0 amide bonds. The van der Waals surface area contributed by atoms with Crippen LogP contribution in [-0.2, 0) is 0 Å². The summed E-state index contributed by atoms with van der Waals surface area (Å²) in [5.41, 5.74) is 4.73. The third-order valence-electron chi connectivity index (χ3n) is 4.71. The van der Waals surface area contributed by atoms with Gasteiger partial charge in [-0.15, -0.1) is 0 Å². The molecule has 0 aromatic carbocycles. The smallest absolute Gasteiger partial charge is 0.186 e. The third-order valence-corrected chi connectivity index (χ3v) is 4.94. The molecule has 3 nitrogen and oxygen atoms in total. The molecule has 3 aliphatic rings. The first-order chi connectivity index (χ1) is 9.05. The van der Waals surface area contributed by atoms with Crippen molar-refractivity contribution in [2.24, 2.45) is 22.4 Å². The first-order valence-corrected chi connectivity index (χ1v) is 7.73. The van der Waals surface area contributed by atoms with Crippen molar-refractivity contribution in [3.8, 4) is 0 Å². The number of hydrazone groups is 1. The lowest BCUT2D eigenvalue weighted by Crippen LogP contribution is -2.48. The van der Waals surface area contributed by atoms with Crippen LogP contribution in [0.15, 0.2) is 16.8 Å². The zero-order chi connectivity index (χ0) is 13.9. The minimum absolute atomic E-state index is 0.454. The van der Waals surface area contributed by atoms with Crippen LogP contribution >= 0.6 is 12.2 Å². The van der Waals surface area contributed by atoms with Crippen LogP contribution < -0.4 is 10.7 Å². The number of unbranched alkanes of at least 4 members (excludes halogenated alkanes) is 1. The van der Waals surface area contributed by atoms with E-state index in [1.165, 1.54) is 24.8 Å². The predicted molar refractivity (Wildman–Crippen MR) is 85.2 cm³/mol. The Labute approximate surface area is 121 Å². The Morgan fingerprint density at radius 3 is 3.00 bits per heavy atom. The van der Waals surface area contributed by atoms with E-state index in [1.54, 1.807) is 0 Å². The maximum Gasteiger partial charge on any atom is 0.186 e. The highest BCUT2D eigenvalue weighted by molar-refractivity contribution is 7.80. The molecule has 1 fully saturated rings. The number of nitrogens with zero attached hydrogens (tertiary/aromatic N) is 1. The molecule has 4 heteroatoms. The highest BCUT2D eigenvalue weighted by Crippen LogP contribution is 2.58. The summed E-state index contributed by atoms with van der Waals surface area (Å²) in [5.74, 6) is 1.55. The lowest BCUT2D eigenvalue weighted by atomic mass is 9.49. The molecule has 2 bridgehead atoms. The first-order valence-electron chi connectivity index (χ1n) is 7.32. The fraction of sp³-hybridized carbons (Fsp3) is 0.733. The summed E-state index contributed by atoms with van der Waals surface area (Å²) in [4.78, 5) is 0. The van der Waals surface area contributed by atoms with Gasteiger partial charge in [-0.3, -0.25) is 5.43 Å². The molecular formula is C15H25N3S. The monoisotopic (exact) mass is 279 g/mol. The summed E-state index contributed by atoms with van der Waals surface area (Å²) >= 11 is 5.16. The number of fused-ring (bicyclic) bond motifs is 1. The van der Waals surface area contributed by atoms with Crippen molar-refractivity contribution >= 4 is 23.5 Å². The van der Waals surface area contributed by atoms with Crippen LogP contribution in [0.3, 0.4) is 0 Å². The van der Waals surface area contributed by atoms with Crippen LogP contribution in [0, 0.1) is 17.3 Å². The van der Waals surface area contributed by atoms with Crippen LogP contribution in [0.25, 0.3) is 0 Å². The van der Waals surface area contributed by atoms with E-state index in [0.717, 1.165) is 18.9 Å². The topological polar surface area (TPSA) is 36.4 Å². The van der Waals surface area contributed by atoms with E-state index in [-0.39, 0.29) is 0 Å². The van der Waals surface area contributed by atoms with Gasteiger partial charge in [-0.25, -0.2) is 0 Å². The molecule has 2 unspecified atom stereocenters. The summed E-state index contributed by atoms with van der Waals surface area (Å²) in [5, 5.41) is 8.03. The van der Waals surface area contributed by atoms with E-state index < -0.39 is 0 Å². The zero-order valence-corrected chi connectivity index (χ0v) is 13.0. The van der Waals surface area contributed by atoms with Gasteiger partial charge >= 0.3 is 0 Å². The standard InChI is InChI=1S/C15H25N3S/c1-4-5-8-16-14(19)18-17-10-11-6-7-12-9-13(11)15(12,2)3/h6,10,12-13H,4-5,7-9H2,1-3H3,(H2,16,18,19). The number of nitrogens with one attached hydrogen (secondary N) is 2. The highest BCUT2D eigenvalue weighted by Gasteiger charge is 2.50. The predicted octanol–water partition coefficient (Wildman–Crippen LogP) is 3.23. The van der Waals surface area contributed by atoms with Crippen LogP contribution in [0.5, 0.6) is 0 Å². The third kappa shape index (κ3) is 3.16. The van der Waals surface area contributed by atoms with Crippen molar-refractivity contribution in [1.29, 1.82) is 0 Å². The van der Waals surface area contributed by atoms with E-state index in [2.05, 4.69) is 42.7 Å². The normalized spacial score (nSPS) is 27.6. The lowest BCUT2D eigenvalue weighted by molar-refractivity contribution is -0.00126. The summed E-state index contributed by atoms with van der Waals surface area (Å²) in [7, 11) is 0. The molecule has 19 heavy (non-hydrogen) atoms. The van der Waals surface area contributed by atoms with Crippen molar-refractivity contribution in [2.45, 2.75) is 46.5 Å². The van der Waals surface area contributed by atoms with Gasteiger partial charge in [0, 0.05) is 6.54 Å². The van der Waals surface area contributed by atoms with Gasteiger partial charge in [0.05, 0.1) is 6.21 Å². The van der Waals surface area contributed by atoms with Crippen molar-refractivity contribution in [3.63, 3.8) is 0 Å². The summed E-state index contributed by atoms with van der Waals surface area (Å²) < 4.78 is 0. The van der Waals surface area contributed by atoms with Crippen molar-refractivity contribution in [1.82, 2.24) is 10.7 Å². The van der Waals surface area contributed by atoms with E-state index in [1.807, 2.05) is 6.21 Å². The fourth-order valence-electron chi connectivity index (χ4n) is 3.13. The number of thiocarbonyl (C=S) groups is 1. The van der Waals surface area contributed by atoms with Gasteiger partial charge in [-0.1, -0.05) is 33.3 Å². The second kappa shape index (κ2) is 6.04. The summed E-state index contributed by atoms with van der Waals surface area (Å²) in [6.07, 6.45) is 9.12. The lowest BCUT2D eigenvalue weighted by Gasteiger charge is -2.55. The Morgan fingerprint density at radius 2 is 2.37 bits per heavy atom. The SMILES string of the molecule is CCCCNC(=S)NN=CC1=CCC2CC1C2(C)C. The minimum atomic E-state index is 0.454. The molecule has 2 N–H and O–H groups in total. The average Bonchev–Trinajstić information content (AvgIpc) is 2.39. The van der Waals surface area contributed by atoms with E-state index >= 15 is 0 Å². The van der Waals surface area contributed by atoms with Crippen molar-refractivity contribution < 1.29 is 0 Å². The van der Waals surface area contributed by atoms with Gasteiger partial charge in [-0.2, -0.15) is 5.10 Å². The minimum Gasteiger partial charge on any atom is -0.361 e. The number of hydrogen-bond acceptors (Lipinski definition) is 2. The number of hydrogen-bond donors (Lipinski definition) is 2. The number of allylic oxidation sites excluding steroid dienone is 2. The van der Waals surface area contributed by atoms with Crippen LogP contribution in [0.1, 0.15) is 46.5 Å². The fourth-order valence-corrected chi connectivity index (χ4v) is 3.28. The second-order valence-corrected chi connectivity index (χ2v) is 6.63. The van der Waals surface area contributed by atoms with Crippen LogP contribution in [-0.4, -0.2) is 17.9 Å². The van der Waals surface area contributed by atoms with Crippen LogP contribution in [0.2, 0.25) is 0 Å².